The lowest BCUT2D eigenvalue weighted by molar-refractivity contribution is 0.171. The number of carbonyl (C=O) groups excluding carboxylic acids is 1. The van der Waals surface area contributed by atoms with Crippen LogP contribution in [0, 0.1) is 0 Å². The fourth-order valence-electron chi connectivity index (χ4n) is 2.98. The molecular weight excluding hydrogens is 294 g/mol. The van der Waals surface area contributed by atoms with Crippen molar-refractivity contribution in [1.29, 1.82) is 0 Å². The van der Waals surface area contributed by atoms with Crippen molar-refractivity contribution in [2.45, 2.75) is 25.7 Å². The van der Waals surface area contributed by atoms with Gasteiger partial charge in [-0.2, -0.15) is 0 Å². The summed E-state index contributed by atoms with van der Waals surface area (Å²) in [6.07, 6.45) is 4.94. The SMILES string of the molecule is O=C(NCCCN1CCCCC1)Nc1ccc2c(c1)OCCO2. The molecule has 2 amide bonds. The number of nitrogens with zero attached hydrogens (tertiary/aromatic N) is 1. The molecule has 0 spiro atoms. The molecule has 0 saturated carbocycles. The minimum Gasteiger partial charge on any atom is -0.486 e. The van der Waals surface area contributed by atoms with E-state index in [1.807, 2.05) is 12.1 Å². The minimum atomic E-state index is -0.180. The smallest absolute Gasteiger partial charge is 0.319 e. The van der Waals surface area contributed by atoms with Gasteiger partial charge in [-0.1, -0.05) is 6.42 Å². The lowest BCUT2D eigenvalue weighted by Gasteiger charge is -2.26. The topological polar surface area (TPSA) is 62.8 Å². The molecule has 0 aliphatic carbocycles. The van der Waals surface area contributed by atoms with Crippen LogP contribution in [0.25, 0.3) is 0 Å². The summed E-state index contributed by atoms with van der Waals surface area (Å²) in [5, 5.41) is 5.73. The number of hydrogen-bond donors (Lipinski definition) is 2. The number of piperidine rings is 1. The van der Waals surface area contributed by atoms with Crippen LogP contribution < -0.4 is 20.1 Å². The molecule has 0 unspecified atom stereocenters. The second-order valence-corrected chi connectivity index (χ2v) is 6.00. The molecule has 6 heteroatoms. The third kappa shape index (κ3) is 4.76. The Labute approximate surface area is 137 Å². The number of amides is 2. The van der Waals surface area contributed by atoms with E-state index in [-0.39, 0.29) is 6.03 Å². The van der Waals surface area contributed by atoms with Crippen molar-refractivity contribution in [2.24, 2.45) is 0 Å². The number of benzene rings is 1. The van der Waals surface area contributed by atoms with Gasteiger partial charge in [-0.25, -0.2) is 4.79 Å². The van der Waals surface area contributed by atoms with Gasteiger partial charge in [-0.15, -0.1) is 0 Å². The molecule has 2 N–H and O–H groups in total. The van der Waals surface area contributed by atoms with E-state index in [2.05, 4.69) is 15.5 Å². The Morgan fingerprint density at radius 3 is 2.70 bits per heavy atom. The maximum absolute atomic E-state index is 11.9. The Kier molecular flexibility index (Phi) is 5.58. The van der Waals surface area contributed by atoms with Crippen LogP contribution in [-0.2, 0) is 0 Å². The normalized spacial score (nSPS) is 17.6. The summed E-state index contributed by atoms with van der Waals surface area (Å²) in [6.45, 7) is 5.25. The first-order valence-electron chi connectivity index (χ1n) is 8.48. The average Bonchev–Trinajstić information content (AvgIpc) is 2.59. The molecule has 2 aliphatic rings. The maximum Gasteiger partial charge on any atom is 0.319 e. The Morgan fingerprint density at radius 2 is 1.87 bits per heavy atom. The maximum atomic E-state index is 11.9. The van der Waals surface area contributed by atoms with Gasteiger partial charge >= 0.3 is 6.03 Å². The van der Waals surface area contributed by atoms with Gasteiger partial charge in [-0.05, 0) is 51.0 Å². The van der Waals surface area contributed by atoms with Gasteiger partial charge in [0.15, 0.2) is 11.5 Å². The number of anilines is 1. The Morgan fingerprint density at radius 1 is 1.09 bits per heavy atom. The van der Waals surface area contributed by atoms with Crippen molar-refractivity contribution in [3.05, 3.63) is 18.2 Å². The summed E-state index contributed by atoms with van der Waals surface area (Å²) in [5.74, 6) is 1.41. The monoisotopic (exact) mass is 319 g/mol. The number of fused-ring (bicyclic) bond motifs is 1. The first-order valence-corrected chi connectivity index (χ1v) is 8.48. The van der Waals surface area contributed by atoms with Gasteiger partial charge in [0.1, 0.15) is 13.2 Å². The van der Waals surface area contributed by atoms with Crippen LogP contribution in [0.1, 0.15) is 25.7 Å². The number of carbonyl (C=O) groups is 1. The predicted octanol–water partition coefficient (Wildman–Crippen LogP) is 2.46. The molecule has 126 valence electrons. The third-order valence-electron chi connectivity index (χ3n) is 4.19. The molecule has 2 heterocycles. The zero-order valence-electron chi connectivity index (χ0n) is 13.5. The van der Waals surface area contributed by atoms with Crippen LogP contribution in [0.2, 0.25) is 0 Å². The van der Waals surface area contributed by atoms with Crippen molar-refractivity contribution in [2.75, 3.05) is 44.7 Å². The second kappa shape index (κ2) is 8.06. The molecular formula is C17H25N3O3. The lowest BCUT2D eigenvalue weighted by Crippen LogP contribution is -2.34. The van der Waals surface area contributed by atoms with Gasteiger partial charge in [0, 0.05) is 18.3 Å². The standard InChI is InChI=1S/C17H25N3O3/c21-17(18-7-4-10-20-8-2-1-3-9-20)19-14-5-6-15-16(13-14)23-12-11-22-15/h5-6,13H,1-4,7-12H2,(H2,18,19,21). The molecule has 3 rings (SSSR count). The van der Waals surface area contributed by atoms with E-state index >= 15 is 0 Å². The van der Waals surface area contributed by atoms with Crippen LogP contribution in [0.5, 0.6) is 11.5 Å². The molecule has 6 nitrogen and oxygen atoms in total. The fraction of sp³-hybridized carbons (Fsp3) is 0.588. The van der Waals surface area contributed by atoms with Crippen molar-refractivity contribution in [1.82, 2.24) is 10.2 Å². The highest BCUT2D eigenvalue weighted by Crippen LogP contribution is 2.32. The van der Waals surface area contributed by atoms with Crippen molar-refractivity contribution in [3.8, 4) is 11.5 Å². The molecule has 2 aliphatic heterocycles. The Bertz CT molecular complexity index is 530. The molecule has 0 aromatic heterocycles. The Balaban J connectivity index is 1.37. The van der Waals surface area contributed by atoms with E-state index in [1.165, 1.54) is 32.4 Å². The first kappa shape index (κ1) is 15.9. The molecule has 1 fully saturated rings. The van der Waals surface area contributed by atoms with Gasteiger partial charge in [-0.3, -0.25) is 0 Å². The summed E-state index contributed by atoms with van der Waals surface area (Å²) in [7, 11) is 0. The number of ether oxygens (including phenoxy) is 2. The first-order chi connectivity index (χ1) is 11.3. The van der Waals surface area contributed by atoms with Gasteiger partial charge in [0.2, 0.25) is 0 Å². The minimum absolute atomic E-state index is 0.180. The lowest BCUT2D eigenvalue weighted by atomic mass is 10.1. The largest absolute Gasteiger partial charge is 0.486 e. The fourth-order valence-corrected chi connectivity index (χ4v) is 2.98. The zero-order valence-corrected chi connectivity index (χ0v) is 13.5. The van der Waals surface area contributed by atoms with Crippen LogP contribution in [0.4, 0.5) is 10.5 Å². The van der Waals surface area contributed by atoms with Gasteiger partial charge < -0.3 is 25.0 Å². The van der Waals surface area contributed by atoms with Crippen molar-refractivity contribution >= 4 is 11.7 Å². The van der Waals surface area contributed by atoms with Gasteiger partial charge in [0.25, 0.3) is 0 Å². The summed E-state index contributed by atoms with van der Waals surface area (Å²) < 4.78 is 11.0. The zero-order chi connectivity index (χ0) is 15.9. The van der Waals surface area contributed by atoms with E-state index < -0.39 is 0 Å². The van der Waals surface area contributed by atoms with E-state index in [9.17, 15) is 4.79 Å². The molecule has 1 saturated heterocycles. The van der Waals surface area contributed by atoms with Crippen molar-refractivity contribution in [3.63, 3.8) is 0 Å². The third-order valence-corrected chi connectivity index (χ3v) is 4.19. The average molecular weight is 319 g/mol. The quantitative estimate of drug-likeness (QED) is 0.818. The Hall–Kier alpha value is -1.95. The van der Waals surface area contributed by atoms with E-state index in [4.69, 9.17) is 9.47 Å². The number of rotatable bonds is 5. The summed E-state index contributed by atoms with van der Waals surface area (Å²) in [5.41, 5.74) is 0.711. The second-order valence-electron chi connectivity index (χ2n) is 6.00. The van der Waals surface area contributed by atoms with Crippen LogP contribution in [0.15, 0.2) is 18.2 Å². The highest BCUT2D eigenvalue weighted by atomic mass is 16.6. The molecule has 0 radical (unpaired) electrons. The number of nitrogens with one attached hydrogen (secondary N) is 2. The highest BCUT2D eigenvalue weighted by molar-refractivity contribution is 5.89. The number of hydrogen-bond acceptors (Lipinski definition) is 4. The summed E-state index contributed by atoms with van der Waals surface area (Å²) in [6, 6.07) is 5.25. The van der Waals surface area contributed by atoms with E-state index in [0.717, 1.165) is 18.7 Å². The van der Waals surface area contributed by atoms with E-state index in [0.29, 0.717) is 31.2 Å². The van der Waals surface area contributed by atoms with E-state index in [1.54, 1.807) is 6.07 Å². The molecule has 1 aromatic carbocycles. The van der Waals surface area contributed by atoms with Crippen LogP contribution in [-0.4, -0.2) is 50.3 Å². The molecule has 1 aromatic rings. The molecule has 0 atom stereocenters. The van der Waals surface area contributed by atoms with Crippen LogP contribution in [0.3, 0.4) is 0 Å². The highest BCUT2D eigenvalue weighted by Gasteiger charge is 2.13. The molecule has 0 bridgehead atoms. The summed E-state index contributed by atoms with van der Waals surface area (Å²) >= 11 is 0. The van der Waals surface area contributed by atoms with Crippen molar-refractivity contribution < 1.29 is 14.3 Å². The molecule has 23 heavy (non-hydrogen) atoms. The van der Waals surface area contributed by atoms with Crippen LogP contribution >= 0.6 is 0 Å². The summed E-state index contributed by atoms with van der Waals surface area (Å²) in [4.78, 5) is 14.4. The van der Waals surface area contributed by atoms with Gasteiger partial charge in [0.05, 0.1) is 0 Å². The number of urea groups is 1. The predicted molar refractivity (Wildman–Crippen MR) is 89.4 cm³/mol. The number of likely N-dealkylation sites (tertiary alicyclic amines) is 1.